The van der Waals surface area contributed by atoms with E-state index in [4.69, 9.17) is 5.10 Å². The Hall–Kier alpha value is -3.54. The number of aryl methyl sites for hydroxylation is 1. The lowest BCUT2D eigenvalue weighted by atomic mass is 10.0. The van der Waals surface area contributed by atoms with E-state index < -0.39 is 41.0 Å². The van der Waals surface area contributed by atoms with Crippen LogP contribution in [0, 0.1) is 6.92 Å². The quantitative estimate of drug-likeness (QED) is 0.269. The zero-order valence-corrected chi connectivity index (χ0v) is 24.1. The van der Waals surface area contributed by atoms with E-state index in [0.717, 1.165) is 31.1 Å². The number of hydrogen-bond donors (Lipinski definition) is 0. The Bertz CT molecular complexity index is 1350. The van der Waals surface area contributed by atoms with Crippen LogP contribution in [0.25, 0.3) is 5.69 Å². The van der Waals surface area contributed by atoms with Gasteiger partial charge in [0.15, 0.2) is 0 Å². The Balaban J connectivity index is 1.81. The van der Waals surface area contributed by atoms with E-state index in [9.17, 15) is 31.1 Å². The third-order valence-corrected chi connectivity index (χ3v) is 7.82. The minimum Gasteiger partial charge on any atom is -0.354 e. The van der Waals surface area contributed by atoms with Crippen molar-refractivity contribution in [1.82, 2.24) is 19.6 Å². The molecule has 0 aliphatic carbocycles. The first-order chi connectivity index (χ1) is 19.7. The topological polar surface area (TPSA) is 44.6 Å². The number of halogens is 6. The number of aromatic nitrogens is 2. The zero-order valence-electron chi connectivity index (χ0n) is 24.1. The molecule has 42 heavy (non-hydrogen) atoms. The molecule has 2 aromatic carbocycles. The van der Waals surface area contributed by atoms with Crippen molar-refractivity contribution < 1.29 is 31.1 Å². The molecule has 228 valence electrons. The number of benzene rings is 2. The minimum absolute atomic E-state index is 0.0342. The lowest BCUT2D eigenvalue weighted by Gasteiger charge is -2.37. The van der Waals surface area contributed by atoms with Gasteiger partial charge in [-0.1, -0.05) is 32.0 Å². The van der Waals surface area contributed by atoms with Gasteiger partial charge in [-0.3, -0.25) is 4.79 Å². The van der Waals surface area contributed by atoms with Crippen molar-refractivity contribution in [3.63, 3.8) is 0 Å². The summed E-state index contributed by atoms with van der Waals surface area (Å²) in [6, 6.07) is 10.0. The number of rotatable bonds is 8. The van der Waals surface area contributed by atoms with Crippen LogP contribution in [0.3, 0.4) is 0 Å². The Morgan fingerprint density at radius 2 is 1.50 bits per heavy atom. The molecule has 0 saturated carbocycles. The highest BCUT2D eigenvalue weighted by Crippen LogP contribution is 2.37. The summed E-state index contributed by atoms with van der Waals surface area (Å²) in [6.07, 6.45) is -9.68. The number of carbonyl (C=O) groups is 1. The molecular weight excluding hydrogens is 560 g/mol. The first-order valence-corrected chi connectivity index (χ1v) is 14.0. The van der Waals surface area contributed by atoms with Crippen LogP contribution in [0.4, 0.5) is 32.2 Å². The normalized spacial score (nSPS) is 15.6. The number of anilines is 1. The molecule has 1 aliphatic heterocycles. The van der Waals surface area contributed by atoms with Gasteiger partial charge in [0, 0.05) is 43.3 Å². The molecule has 1 atom stereocenters. The first kappa shape index (κ1) is 31.4. The van der Waals surface area contributed by atoms with Crippen LogP contribution in [0.15, 0.2) is 48.5 Å². The Morgan fingerprint density at radius 3 is 2.00 bits per heavy atom. The molecule has 1 aliphatic rings. The number of para-hydroxylation sites is 1. The largest absolute Gasteiger partial charge is 0.416 e. The summed E-state index contributed by atoms with van der Waals surface area (Å²) in [5, 5.41) is 4.78. The molecule has 4 rings (SSSR count). The molecule has 0 bridgehead atoms. The number of hydrogen-bond acceptors (Lipinski definition) is 4. The van der Waals surface area contributed by atoms with Crippen LogP contribution in [0.5, 0.6) is 0 Å². The molecule has 1 fully saturated rings. The van der Waals surface area contributed by atoms with Gasteiger partial charge in [-0.25, -0.2) is 4.68 Å². The fourth-order valence-electron chi connectivity index (χ4n) is 5.15. The summed E-state index contributed by atoms with van der Waals surface area (Å²) in [7, 11) is 0. The highest BCUT2D eigenvalue weighted by molar-refractivity contribution is 5.95. The van der Waals surface area contributed by atoms with Crippen LogP contribution in [0.2, 0.25) is 0 Å². The van der Waals surface area contributed by atoms with Gasteiger partial charge in [-0.15, -0.1) is 0 Å². The highest BCUT2D eigenvalue weighted by Gasteiger charge is 2.38. The van der Waals surface area contributed by atoms with Crippen molar-refractivity contribution in [2.24, 2.45) is 0 Å². The SMILES string of the molecule is CC[C@H](C)N(Cc1c(C)nn(-c2ccccc2)c1N1CCN(CC)CC1)C(=O)c1cc(C(F)(F)F)cc(C(F)(F)F)c1. The summed E-state index contributed by atoms with van der Waals surface area (Å²) in [5.41, 5.74) is -1.59. The molecule has 0 spiro atoms. The summed E-state index contributed by atoms with van der Waals surface area (Å²) >= 11 is 0. The predicted molar refractivity (Wildman–Crippen MR) is 149 cm³/mol. The standard InChI is InChI=1S/C30H35F6N5O/c1-5-20(3)40(28(42)22-16-23(29(31,32)33)18-24(17-22)30(34,35)36)19-26-21(4)37-41(25-10-8-7-9-11-25)27(26)39-14-12-38(6-2)13-15-39/h7-11,16-18,20H,5-6,12-15,19H2,1-4H3/t20-/m0/s1. The number of nitrogens with zero attached hydrogens (tertiary/aromatic N) is 5. The molecule has 1 aromatic heterocycles. The van der Waals surface area contributed by atoms with Crippen molar-refractivity contribution in [3.05, 3.63) is 76.5 Å². The maximum atomic E-state index is 13.8. The van der Waals surface area contributed by atoms with E-state index in [-0.39, 0.29) is 12.6 Å². The zero-order chi connectivity index (χ0) is 30.8. The molecule has 0 unspecified atom stereocenters. The van der Waals surface area contributed by atoms with Crippen molar-refractivity contribution in [1.29, 1.82) is 0 Å². The van der Waals surface area contributed by atoms with E-state index in [1.165, 1.54) is 4.90 Å². The van der Waals surface area contributed by atoms with Gasteiger partial charge in [-0.2, -0.15) is 31.4 Å². The van der Waals surface area contributed by atoms with Crippen molar-refractivity contribution >= 4 is 11.7 Å². The molecule has 12 heteroatoms. The fraction of sp³-hybridized carbons (Fsp3) is 0.467. The number of piperazine rings is 1. The van der Waals surface area contributed by atoms with Crippen molar-refractivity contribution in [2.45, 2.75) is 59.1 Å². The van der Waals surface area contributed by atoms with E-state index in [1.54, 1.807) is 18.5 Å². The molecule has 2 heterocycles. The number of carbonyl (C=O) groups excluding carboxylic acids is 1. The molecular formula is C30H35F6N5O. The third-order valence-electron chi connectivity index (χ3n) is 7.82. The monoisotopic (exact) mass is 595 g/mol. The molecule has 3 aromatic rings. The van der Waals surface area contributed by atoms with E-state index in [1.807, 2.05) is 37.3 Å². The summed E-state index contributed by atoms with van der Waals surface area (Å²) in [5.74, 6) is -0.148. The summed E-state index contributed by atoms with van der Waals surface area (Å²) in [4.78, 5) is 19.7. The van der Waals surface area contributed by atoms with Crippen LogP contribution in [-0.4, -0.2) is 64.3 Å². The van der Waals surface area contributed by atoms with Crippen LogP contribution in [0.1, 0.15) is 59.9 Å². The van der Waals surface area contributed by atoms with E-state index >= 15 is 0 Å². The molecule has 0 radical (unpaired) electrons. The minimum atomic E-state index is -5.06. The summed E-state index contributed by atoms with van der Waals surface area (Å²) in [6.45, 7) is 11.3. The maximum absolute atomic E-state index is 13.8. The average Bonchev–Trinajstić information content (AvgIpc) is 3.29. The number of amides is 1. The third kappa shape index (κ3) is 6.74. The van der Waals surface area contributed by atoms with Gasteiger partial charge in [0.25, 0.3) is 5.91 Å². The second-order valence-corrected chi connectivity index (χ2v) is 10.5. The average molecular weight is 596 g/mol. The molecule has 1 saturated heterocycles. The van der Waals surface area contributed by atoms with Gasteiger partial charge in [0.1, 0.15) is 5.82 Å². The van der Waals surface area contributed by atoms with Gasteiger partial charge in [0.2, 0.25) is 0 Å². The van der Waals surface area contributed by atoms with E-state index in [0.29, 0.717) is 42.9 Å². The van der Waals surface area contributed by atoms with E-state index in [2.05, 4.69) is 16.7 Å². The first-order valence-electron chi connectivity index (χ1n) is 14.0. The predicted octanol–water partition coefficient (Wildman–Crippen LogP) is 6.80. The van der Waals surface area contributed by atoms with Gasteiger partial charge >= 0.3 is 12.4 Å². The highest BCUT2D eigenvalue weighted by atomic mass is 19.4. The smallest absolute Gasteiger partial charge is 0.354 e. The molecule has 0 N–H and O–H groups in total. The Labute approximate surface area is 241 Å². The van der Waals surface area contributed by atoms with Gasteiger partial charge < -0.3 is 14.7 Å². The lowest BCUT2D eigenvalue weighted by molar-refractivity contribution is -0.143. The summed E-state index contributed by atoms with van der Waals surface area (Å²) < 4.78 is 83.3. The van der Waals surface area contributed by atoms with Crippen LogP contribution < -0.4 is 4.90 Å². The van der Waals surface area contributed by atoms with Crippen molar-refractivity contribution in [2.75, 3.05) is 37.6 Å². The lowest BCUT2D eigenvalue weighted by Crippen LogP contribution is -2.47. The Kier molecular flexibility index (Phi) is 9.24. The number of alkyl halides is 6. The van der Waals surface area contributed by atoms with Crippen molar-refractivity contribution in [3.8, 4) is 5.69 Å². The second kappa shape index (κ2) is 12.4. The Morgan fingerprint density at radius 1 is 0.929 bits per heavy atom. The van der Waals surface area contributed by atoms with Gasteiger partial charge in [-0.05, 0) is 57.1 Å². The number of likely N-dealkylation sites (N-methyl/N-ethyl adjacent to an activating group) is 1. The molecule has 6 nitrogen and oxygen atoms in total. The van der Waals surface area contributed by atoms with Crippen LogP contribution >= 0.6 is 0 Å². The van der Waals surface area contributed by atoms with Gasteiger partial charge in [0.05, 0.1) is 29.1 Å². The molecule has 1 amide bonds. The second-order valence-electron chi connectivity index (χ2n) is 10.5. The maximum Gasteiger partial charge on any atom is 0.416 e. The fourth-order valence-corrected chi connectivity index (χ4v) is 5.15. The van der Waals surface area contributed by atoms with Crippen LogP contribution in [-0.2, 0) is 18.9 Å².